The number of carbonyl (C=O) groups is 1. The van der Waals surface area contributed by atoms with E-state index in [2.05, 4.69) is 14.9 Å². The van der Waals surface area contributed by atoms with E-state index in [1.54, 1.807) is 6.07 Å². The van der Waals surface area contributed by atoms with E-state index in [9.17, 15) is 4.79 Å². The highest BCUT2D eigenvalue weighted by Crippen LogP contribution is 2.19. The van der Waals surface area contributed by atoms with Gasteiger partial charge in [-0.3, -0.25) is 4.79 Å². The highest BCUT2D eigenvalue weighted by Gasteiger charge is 2.21. The number of aromatic nitrogens is 2. The molecule has 1 amide bonds. The molecule has 1 aliphatic heterocycles. The monoisotopic (exact) mass is 250 g/mol. The van der Waals surface area contributed by atoms with Crippen molar-refractivity contribution in [2.24, 2.45) is 5.73 Å². The van der Waals surface area contributed by atoms with Crippen molar-refractivity contribution >= 4 is 11.7 Å². The summed E-state index contributed by atoms with van der Waals surface area (Å²) in [5.41, 5.74) is 5.46. The normalized spacial score (nSPS) is 19.8. The fraction of sp³-hybridized carbons (Fsp3) is 0.583. The summed E-state index contributed by atoms with van der Waals surface area (Å²) in [7, 11) is 0. The van der Waals surface area contributed by atoms with E-state index in [4.69, 9.17) is 10.5 Å². The average Bonchev–Trinajstić information content (AvgIpc) is 2.39. The van der Waals surface area contributed by atoms with Crippen molar-refractivity contribution in [1.29, 1.82) is 0 Å². The Labute approximate surface area is 106 Å². The van der Waals surface area contributed by atoms with Crippen molar-refractivity contribution in [2.45, 2.75) is 25.9 Å². The molecule has 0 radical (unpaired) electrons. The third-order valence-electron chi connectivity index (χ3n) is 3.01. The van der Waals surface area contributed by atoms with Gasteiger partial charge in [-0.25, -0.2) is 9.97 Å². The zero-order valence-corrected chi connectivity index (χ0v) is 10.5. The summed E-state index contributed by atoms with van der Waals surface area (Å²) in [6.45, 7) is 4.42. The van der Waals surface area contributed by atoms with Gasteiger partial charge in [0.2, 0.25) is 0 Å². The quantitative estimate of drug-likeness (QED) is 0.845. The lowest BCUT2D eigenvalue weighted by Gasteiger charge is -2.33. The predicted molar refractivity (Wildman–Crippen MR) is 67.4 cm³/mol. The average molecular weight is 250 g/mol. The van der Waals surface area contributed by atoms with Gasteiger partial charge in [-0.1, -0.05) is 0 Å². The van der Waals surface area contributed by atoms with Gasteiger partial charge >= 0.3 is 0 Å². The molecular weight excluding hydrogens is 232 g/mol. The second-order valence-electron chi connectivity index (χ2n) is 4.29. The molecule has 2 rings (SSSR count). The number of piperidine rings is 1. The molecule has 1 aromatic heterocycles. The maximum atomic E-state index is 11.1. The van der Waals surface area contributed by atoms with Gasteiger partial charge in [-0.05, 0) is 19.8 Å². The second kappa shape index (κ2) is 5.77. The maximum Gasteiger partial charge on any atom is 0.267 e. The van der Waals surface area contributed by atoms with Gasteiger partial charge in [-0.15, -0.1) is 0 Å². The predicted octanol–water partition coefficient (Wildman–Crippen LogP) is 0.581. The Morgan fingerprint density at radius 2 is 2.44 bits per heavy atom. The molecule has 6 nitrogen and oxygen atoms in total. The highest BCUT2D eigenvalue weighted by molar-refractivity contribution is 5.91. The Hall–Kier alpha value is -1.69. The van der Waals surface area contributed by atoms with Gasteiger partial charge in [0.1, 0.15) is 17.8 Å². The third kappa shape index (κ3) is 2.95. The Kier molecular flexibility index (Phi) is 4.09. The Morgan fingerprint density at radius 1 is 1.61 bits per heavy atom. The summed E-state index contributed by atoms with van der Waals surface area (Å²) in [5, 5.41) is 0. The molecule has 6 heteroatoms. The summed E-state index contributed by atoms with van der Waals surface area (Å²) in [4.78, 5) is 21.2. The van der Waals surface area contributed by atoms with Crippen LogP contribution in [-0.4, -0.2) is 41.7 Å². The van der Waals surface area contributed by atoms with Gasteiger partial charge in [0, 0.05) is 25.8 Å². The molecule has 18 heavy (non-hydrogen) atoms. The van der Waals surface area contributed by atoms with Crippen LogP contribution in [0.2, 0.25) is 0 Å². The van der Waals surface area contributed by atoms with E-state index in [1.165, 1.54) is 6.33 Å². The van der Waals surface area contributed by atoms with Gasteiger partial charge in [0.15, 0.2) is 0 Å². The SMILES string of the molecule is CCOC1CCCN(c2cc(C(N)=O)ncn2)C1. The van der Waals surface area contributed by atoms with Gasteiger partial charge in [0.25, 0.3) is 5.91 Å². The van der Waals surface area contributed by atoms with Crippen LogP contribution in [0.4, 0.5) is 5.82 Å². The smallest absolute Gasteiger partial charge is 0.267 e. The summed E-state index contributed by atoms with van der Waals surface area (Å²) in [5.74, 6) is 0.209. The Bertz CT molecular complexity index is 422. The van der Waals surface area contributed by atoms with Crippen LogP contribution in [0.25, 0.3) is 0 Å². The first-order valence-corrected chi connectivity index (χ1v) is 6.19. The van der Waals surface area contributed by atoms with E-state index in [-0.39, 0.29) is 11.8 Å². The van der Waals surface area contributed by atoms with Crippen LogP contribution in [0.3, 0.4) is 0 Å². The number of primary amides is 1. The number of hydrogen-bond acceptors (Lipinski definition) is 5. The van der Waals surface area contributed by atoms with Crippen LogP contribution in [0.15, 0.2) is 12.4 Å². The fourth-order valence-corrected chi connectivity index (χ4v) is 2.17. The van der Waals surface area contributed by atoms with Gasteiger partial charge < -0.3 is 15.4 Å². The van der Waals surface area contributed by atoms with Crippen LogP contribution >= 0.6 is 0 Å². The van der Waals surface area contributed by atoms with E-state index < -0.39 is 5.91 Å². The van der Waals surface area contributed by atoms with Crippen LogP contribution in [0, 0.1) is 0 Å². The Balaban J connectivity index is 2.10. The summed E-state index contributed by atoms with van der Waals surface area (Å²) in [6.07, 6.45) is 3.73. The van der Waals surface area contributed by atoms with Crippen molar-refractivity contribution in [2.75, 3.05) is 24.6 Å². The zero-order chi connectivity index (χ0) is 13.0. The lowest BCUT2D eigenvalue weighted by atomic mass is 10.1. The van der Waals surface area contributed by atoms with Crippen molar-refractivity contribution in [3.05, 3.63) is 18.1 Å². The summed E-state index contributed by atoms with van der Waals surface area (Å²) < 4.78 is 5.64. The molecular formula is C12H18N4O2. The van der Waals surface area contributed by atoms with Crippen LogP contribution in [0.5, 0.6) is 0 Å². The molecule has 2 heterocycles. The number of amides is 1. The molecule has 98 valence electrons. The van der Waals surface area contributed by atoms with E-state index in [1.807, 2.05) is 6.92 Å². The minimum atomic E-state index is -0.531. The largest absolute Gasteiger partial charge is 0.377 e. The first kappa shape index (κ1) is 12.8. The zero-order valence-electron chi connectivity index (χ0n) is 10.5. The molecule has 1 aromatic rings. The van der Waals surface area contributed by atoms with Crippen molar-refractivity contribution in [1.82, 2.24) is 9.97 Å². The molecule has 1 unspecified atom stereocenters. The molecule has 0 bridgehead atoms. The highest BCUT2D eigenvalue weighted by atomic mass is 16.5. The lowest BCUT2D eigenvalue weighted by Crippen LogP contribution is -2.40. The summed E-state index contributed by atoms with van der Waals surface area (Å²) in [6, 6.07) is 1.64. The molecule has 0 spiro atoms. The standard InChI is InChI=1S/C12H18N4O2/c1-2-18-9-4-3-5-16(7-9)11-6-10(12(13)17)14-8-15-11/h6,8-9H,2-5,7H2,1H3,(H2,13,17). The maximum absolute atomic E-state index is 11.1. The van der Waals surface area contributed by atoms with Crippen LogP contribution in [0.1, 0.15) is 30.3 Å². The van der Waals surface area contributed by atoms with Crippen molar-refractivity contribution in [3.63, 3.8) is 0 Å². The molecule has 1 fully saturated rings. The topological polar surface area (TPSA) is 81.3 Å². The minimum Gasteiger partial charge on any atom is -0.377 e. The van der Waals surface area contributed by atoms with Crippen molar-refractivity contribution < 1.29 is 9.53 Å². The molecule has 1 aliphatic rings. The van der Waals surface area contributed by atoms with Crippen LogP contribution in [-0.2, 0) is 4.74 Å². The van der Waals surface area contributed by atoms with Gasteiger partial charge in [0.05, 0.1) is 6.10 Å². The molecule has 0 aliphatic carbocycles. The van der Waals surface area contributed by atoms with E-state index in [0.717, 1.165) is 38.4 Å². The number of rotatable bonds is 4. The van der Waals surface area contributed by atoms with Crippen LogP contribution < -0.4 is 10.6 Å². The minimum absolute atomic E-state index is 0.232. The molecule has 0 aromatic carbocycles. The van der Waals surface area contributed by atoms with E-state index in [0.29, 0.717) is 0 Å². The number of nitrogens with two attached hydrogens (primary N) is 1. The van der Waals surface area contributed by atoms with Crippen molar-refractivity contribution in [3.8, 4) is 0 Å². The first-order valence-electron chi connectivity index (χ1n) is 6.19. The van der Waals surface area contributed by atoms with E-state index >= 15 is 0 Å². The number of carbonyl (C=O) groups excluding carboxylic acids is 1. The second-order valence-corrected chi connectivity index (χ2v) is 4.29. The lowest BCUT2D eigenvalue weighted by molar-refractivity contribution is 0.0525. The fourth-order valence-electron chi connectivity index (χ4n) is 2.17. The Morgan fingerprint density at radius 3 is 3.17 bits per heavy atom. The molecule has 1 saturated heterocycles. The summed E-state index contributed by atoms with van der Waals surface area (Å²) >= 11 is 0. The number of hydrogen-bond donors (Lipinski definition) is 1. The first-order chi connectivity index (χ1) is 8.70. The third-order valence-corrected chi connectivity index (χ3v) is 3.01. The molecule has 2 N–H and O–H groups in total. The number of ether oxygens (including phenoxy) is 1. The number of anilines is 1. The van der Waals surface area contributed by atoms with Gasteiger partial charge in [-0.2, -0.15) is 0 Å². The molecule has 0 saturated carbocycles. The number of nitrogens with zero attached hydrogens (tertiary/aromatic N) is 3. The molecule has 1 atom stereocenters.